The highest BCUT2D eigenvalue weighted by Crippen LogP contribution is 2.20. The molecule has 0 spiro atoms. The summed E-state index contributed by atoms with van der Waals surface area (Å²) in [4.78, 5) is 4.36. The molecule has 2 aromatic rings. The Balaban J connectivity index is 2.19. The molecular weight excluding hydrogens is 236 g/mol. The summed E-state index contributed by atoms with van der Waals surface area (Å²) in [6.07, 6.45) is 2.45. The van der Waals surface area contributed by atoms with Gasteiger partial charge in [-0.05, 0) is 32.9 Å². The van der Waals surface area contributed by atoms with Gasteiger partial charge in [0.05, 0.1) is 0 Å². The molecule has 1 atom stereocenters. The van der Waals surface area contributed by atoms with E-state index in [-0.39, 0.29) is 0 Å². The fraction of sp³-hybridized carbons (Fsp3) is 0.467. The van der Waals surface area contributed by atoms with Crippen LogP contribution in [0.5, 0.6) is 0 Å². The highest BCUT2D eigenvalue weighted by Gasteiger charge is 2.15. The summed E-state index contributed by atoms with van der Waals surface area (Å²) in [5.41, 5.74) is 8.47. The second kappa shape index (κ2) is 5.97. The van der Waals surface area contributed by atoms with Gasteiger partial charge in [-0.15, -0.1) is 0 Å². The Labute approximate surface area is 114 Å². The van der Waals surface area contributed by atoms with Crippen molar-refractivity contribution in [3.8, 4) is 0 Å². The molecule has 2 N–H and O–H groups in total. The second-order valence-electron chi connectivity index (χ2n) is 5.26. The van der Waals surface area contributed by atoms with Crippen molar-refractivity contribution in [1.82, 2.24) is 14.8 Å². The molecule has 0 aliphatic heterocycles. The molecule has 1 heterocycles. The maximum absolute atomic E-state index is 5.93. The summed E-state index contributed by atoms with van der Waals surface area (Å²) in [7, 11) is 0. The molecule has 0 fully saturated rings. The van der Waals surface area contributed by atoms with Crippen molar-refractivity contribution in [3.05, 3.63) is 47.5 Å². The fourth-order valence-corrected chi connectivity index (χ4v) is 2.25. The Kier molecular flexibility index (Phi) is 4.32. The van der Waals surface area contributed by atoms with Gasteiger partial charge < -0.3 is 5.73 Å². The van der Waals surface area contributed by atoms with Crippen LogP contribution in [-0.4, -0.2) is 21.3 Å². The largest absolute Gasteiger partial charge is 0.330 e. The van der Waals surface area contributed by atoms with E-state index in [4.69, 9.17) is 5.73 Å². The maximum atomic E-state index is 5.93. The van der Waals surface area contributed by atoms with Crippen molar-refractivity contribution >= 4 is 0 Å². The molecule has 0 amide bonds. The number of rotatable bonds is 5. The Morgan fingerprint density at radius 3 is 2.47 bits per heavy atom. The molecule has 102 valence electrons. The summed E-state index contributed by atoms with van der Waals surface area (Å²) >= 11 is 0. The van der Waals surface area contributed by atoms with Gasteiger partial charge >= 0.3 is 0 Å². The minimum atomic E-state index is 0.294. The van der Waals surface area contributed by atoms with Crippen LogP contribution in [0.3, 0.4) is 0 Å². The summed E-state index contributed by atoms with van der Waals surface area (Å²) in [5.74, 6) is 1.30. The molecule has 2 rings (SSSR count). The summed E-state index contributed by atoms with van der Waals surface area (Å²) in [5, 5.41) is 4.28. The zero-order chi connectivity index (χ0) is 13.8. The highest BCUT2D eigenvalue weighted by atomic mass is 15.3. The van der Waals surface area contributed by atoms with Gasteiger partial charge in [0, 0.05) is 18.4 Å². The highest BCUT2D eigenvalue weighted by molar-refractivity contribution is 5.25. The van der Waals surface area contributed by atoms with Crippen LogP contribution in [0, 0.1) is 6.92 Å². The number of aryl methyl sites for hydroxylation is 1. The Morgan fingerprint density at radius 1 is 1.21 bits per heavy atom. The zero-order valence-electron chi connectivity index (χ0n) is 11.9. The van der Waals surface area contributed by atoms with Crippen LogP contribution < -0.4 is 5.73 Å². The Bertz CT molecular complexity index is 513. The molecule has 0 saturated carbocycles. The van der Waals surface area contributed by atoms with Gasteiger partial charge in [0.25, 0.3) is 0 Å². The lowest BCUT2D eigenvalue weighted by Gasteiger charge is -2.17. The number of nitrogens with two attached hydrogens (primary N) is 1. The van der Waals surface area contributed by atoms with Crippen molar-refractivity contribution < 1.29 is 0 Å². The second-order valence-corrected chi connectivity index (χ2v) is 5.26. The number of benzene rings is 1. The fourth-order valence-electron chi connectivity index (χ4n) is 2.25. The van der Waals surface area contributed by atoms with Gasteiger partial charge in [-0.25, -0.2) is 9.67 Å². The molecule has 0 saturated heterocycles. The third-order valence-corrected chi connectivity index (χ3v) is 3.40. The lowest BCUT2D eigenvalue weighted by molar-refractivity contribution is 0.492. The van der Waals surface area contributed by atoms with E-state index in [1.165, 1.54) is 11.1 Å². The van der Waals surface area contributed by atoms with Gasteiger partial charge in [-0.2, -0.15) is 5.10 Å². The predicted octanol–water partition coefficient (Wildman–Crippen LogP) is 2.45. The van der Waals surface area contributed by atoms with E-state index in [9.17, 15) is 0 Å². The van der Waals surface area contributed by atoms with Crippen LogP contribution in [0.25, 0.3) is 0 Å². The van der Waals surface area contributed by atoms with E-state index in [1.807, 2.05) is 4.68 Å². The lowest BCUT2D eigenvalue weighted by Crippen LogP contribution is -2.18. The van der Waals surface area contributed by atoms with Gasteiger partial charge in [-0.1, -0.05) is 29.8 Å². The molecule has 1 aromatic carbocycles. The van der Waals surface area contributed by atoms with E-state index in [2.05, 4.69) is 55.1 Å². The van der Waals surface area contributed by atoms with E-state index in [0.29, 0.717) is 18.5 Å². The average Bonchev–Trinajstić information content (AvgIpc) is 2.85. The molecule has 4 heteroatoms. The first kappa shape index (κ1) is 13.7. The third kappa shape index (κ3) is 3.20. The number of hydrogen-bond donors (Lipinski definition) is 1. The van der Waals surface area contributed by atoms with Crippen LogP contribution in [0.4, 0.5) is 0 Å². The maximum Gasteiger partial charge on any atom is 0.138 e. The van der Waals surface area contributed by atoms with Crippen LogP contribution in [-0.2, 0) is 6.42 Å². The minimum absolute atomic E-state index is 0.294. The zero-order valence-corrected chi connectivity index (χ0v) is 11.9. The normalized spacial score (nSPS) is 12.9. The number of aromatic nitrogens is 3. The van der Waals surface area contributed by atoms with Crippen LogP contribution in [0.2, 0.25) is 0 Å². The smallest absolute Gasteiger partial charge is 0.138 e. The van der Waals surface area contributed by atoms with Crippen molar-refractivity contribution in [2.45, 2.75) is 39.2 Å². The quantitative estimate of drug-likeness (QED) is 0.896. The van der Waals surface area contributed by atoms with Crippen molar-refractivity contribution in [3.63, 3.8) is 0 Å². The average molecular weight is 258 g/mol. The molecular formula is C15H22N4. The van der Waals surface area contributed by atoms with Crippen LogP contribution in [0.15, 0.2) is 30.6 Å². The molecule has 19 heavy (non-hydrogen) atoms. The minimum Gasteiger partial charge on any atom is -0.330 e. The van der Waals surface area contributed by atoms with Crippen molar-refractivity contribution in [2.75, 3.05) is 6.54 Å². The number of nitrogens with zero attached hydrogens (tertiary/aromatic N) is 3. The summed E-state index contributed by atoms with van der Waals surface area (Å²) in [6, 6.07) is 8.90. The first-order chi connectivity index (χ1) is 9.11. The SMILES string of the molecule is Cc1ccc(C(CN)Cc2ncnn2C(C)C)cc1. The molecule has 0 aliphatic rings. The van der Waals surface area contributed by atoms with Gasteiger partial charge in [0.2, 0.25) is 0 Å². The van der Waals surface area contributed by atoms with E-state index in [0.717, 1.165) is 12.2 Å². The molecule has 4 nitrogen and oxygen atoms in total. The monoisotopic (exact) mass is 258 g/mol. The van der Waals surface area contributed by atoms with E-state index < -0.39 is 0 Å². The Morgan fingerprint density at radius 2 is 1.89 bits per heavy atom. The first-order valence-corrected chi connectivity index (χ1v) is 6.76. The standard InChI is InChI=1S/C15H22N4/c1-11(2)19-15(17-10-18-19)8-14(9-16)13-6-4-12(3)5-7-13/h4-7,10-11,14H,8-9,16H2,1-3H3. The Hall–Kier alpha value is -1.68. The van der Waals surface area contributed by atoms with E-state index >= 15 is 0 Å². The topological polar surface area (TPSA) is 56.7 Å². The van der Waals surface area contributed by atoms with Crippen molar-refractivity contribution in [2.24, 2.45) is 5.73 Å². The van der Waals surface area contributed by atoms with Crippen LogP contribution >= 0.6 is 0 Å². The van der Waals surface area contributed by atoms with Gasteiger partial charge in [-0.3, -0.25) is 0 Å². The molecule has 0 radical (unpaired) electrons. The third-order valence-electron chi connectivity index (χ3n) is 3.40. The summed E-state index contributed by atoms with van der Waals surface area (Å²) in [6.45, 7) is 6.94. The molecule has 1 unspecified atom stereocenters. The van der Waals surface area contributed by atoms with E-state index in [1.54, 1.807) is 6.33 Å². The summed E-state index contributed by atoms with van der Waals surface area (Å²) < 4.78 is 1.97. The van der Waals surface area contributed by atoms with Crippen molar-refractivity contribution in [1.29, 1.82) is 0 Å². The molecule has 0 aliphatic carbocycles. The first-order valence-electron chi connectivity index (χ1n) is 6.76. The lowest BCUT2D eigenvalue weighted by atomic mass is 9.94. The van der Waals surface area contributed by atoms with Gasteiger partial charge in [0.1, 0.15) is 12.2 Å². The van der Waals surface area contributed by atoms with Gasteiger partial charge in [0.15, 0.2) is 0 Å². The van der Waals surface area contributed by atoms with Crippen LogP contribution in [0.1, 0.15) is 42.8 Å². The predicted molar refractivity (Wildman–Crippen MR) is 77.1 cm³/mol. The molecule has 1 aromatic heterocycles. The number of hydrogen-bond acceptors (Lipinski definition) is 3. The molecule has 0 bridgehead atoms.